The normalized spacial score (nSPS) is 22.9. The molecule has 2 aliphatic carbocycles. The highest BCUT2D eigenvalue weighted by Gasteiger charge is 2.51. The minimum absolute atomic E-state index is 0.0330. The van der Waals surface area contributed by atoms with Crippen molar-refractivity contribution in [3.63, 3.8) is 0 Å². The van der Waals surface area contributed by atoms with Crippen LogP contribution in [0.25, 0.3) is 0 Å². The zero-order chi connectivity index (χ0) is 24.9. The van der Waals surface area contributed by atoms with Gasteiger partial charge in [-0.2, -0.15) is 0 Å². The summed E-state index contributed by atoms with van der Waals surface area (Å²) in [4.78, 5) is 41.5. The molecule has 0 aromatic heterocycles. The van der Waals surface area contributed by atoms with Crippen molar-refractivity contribution in [3.8, 4) is 0 Å². The number of carbonyl (C=O) groups is 3. The Morgan fingerprint density at radius 2 is 1.71 bits per heavy atom. The standard InChI is InChI=1S/C26H25ClF2N2O4/c27-15-4-7-20-22(12-15)31(26(35)14-10-16(28)13-17(29)11-14)21-3-1-2-19(21)25(20)30(18-5-6-18)23(32)8-9-24(33)34/h4,7,10-13,18-19,21,25H,1-3,5-6,8-9H2,(H,33,34)/t19-,21+,25+/m0/s1. The Bertz CT molecular complexity index is 1180. The molecule has 5 rings (SSSR count). The topological polar surface area (TPSA) is 77.9 Å². The van der Waals surface area contributed by atoms with Crippen LogP contribution in [0.3, 0.4) is 0 Å². The minimum atomic E-state index is -1.03. The number of hydrogen-bond donors (Lipinski definition) is 1. The number of benzene rings is 2. The number of carboxylic acids is 1. The van der Waals surface area contributed by atoms with E-state index in [9.17, 15) is 23.2 Å². The van der Waals surface area contributed by atoms with Gasteiger partial charge in [-0.15, -0.1) is 0 Å². The van der Waals surface area contributed by atoms with Crippen LogP contribution in [-0.4, -0.2) is 39.9 Å². The highest BCUT2D eigenvalue weighted by molar-refractivity contribution is 6.31. The third-order valence-electron chi connectivity index (χ3n) is 7.25. The van der Waals surface area contributed by atoms with Gasteiger partial charge in [0.1, 0.15) is 11.6 Å². The van der Waals surface area contributed by atoms with Gasteiger partial charge in [0, 0.05) is 41.1 Å². The lowest BCUT2D eigenvalue weighted by Gasteiger charge is -2.48. The molecular formula is C26H25ClF2N2O4. The zero-order valence-corrected chi connectivity index (χ0v) is 19.7. The number of carboxylic acid groups (broad SMARTS) is 1. The number of hydrogen-bond acceptors (Lipinski definition) is 3. The van der Waals surface area contributed by atoms with E-state index < -0.39 is 23.5 Å². The second-order valence-electron chi connectivity index (χ2n) is 9.57. The minimum Gasteiger partial charge on any atom is -0.481 e. The van der Waals surface area contributed by atoms with Gasteiger partial charge in [-0.1, -0.05) is 24.1 Å². The molecule has 184 valence electrons. The molecule has 0 unspecified atom stereocenters. The van der Waals surface area contributed by atoms with E-state index in [0.29, 0.717) is 17.1 Å². The zero-order valence-electron chi connectivity index (χ0n) is 18.9. The second-order valence-corrected chi connectivity index (χ2v) is 10.0. The van der Waals surface area contributed by atoms with Gasteiger partial charge in [-0.3, -0.25) is 14.4 Å². The van der Waals surface area contributed by atoms with Crippen molar-refractivity contribution in [1.82, 2.24) is 4.90 Å². The molecule has 2 saturated carbocycles. The predicted molar refractivity (Wildman–Crippen MR) is 125 cm³/mol. The number of aliphatic carboxylic acids is 1. The Morgan fingerprint density at radius 1 is 1.00 bits per heavy atom. The smallest absolute Gasteiger partial charge is 0.303 e. The van der Waals surface area contributed by atoms with Gasteiger partial charge in [0.05, 0.1) is 18.2 Å². The summed E-state index contributed by atoms with van der Waals surface area (Å²) < 4.78 is 27.9. The molecule has 1 aliphatic heterocycles. The molecule has 2 aromatic carbocycles. The second kappa shape index (κ2) is 9.22. The predicted octanol–water partition coefficient (Wildman–Crippen LogP) is 5.34. The Labute approximate surface area is 206 Å². The first-order valence-electron chi connectivity index (χ1n) is 11.9. The molecule has 1 N–H and O–H groups in total. The molecule has 0 saturated heterocycles. The molecule has 2 aromatic rings. The van der Waals surface area contributed by atoms with Crippen LogP contribution in [0.15, 0.2) is 36.4 Å². The number of rotatable bonds is 6. The number of halogens is 3. The molecule has 9 heteroatoms. The molecule has 3 aliphatic rings. The molecule has 0 spiro atoms. The van der Waals surface area contributed by atoms with E-state index in [1.165, 1.54) is 0 Å². The number of anilines is 1. The van der Waals surface area contributed by atoms with Gasteiger partial charge in [-0.05, 0) is 55.5 Å². The summed E-state index contributed by atoms with van der Waals surface area (Å²) >= 11 is 6.33. The molecule has 0 radical (unpaired) electrons. The van der Waals surface area contributed by atoms with E-state index in [4.69, 9.17) is 16.7 Å². The van der Waals surface area contributed by atoms with E-state index in [1.54, 1.807) is 17.0 Å². The lowest BCUT2D eigenvalue weighted by Crippen LogP contribution is -2.53. The summed E-state index contributed by atoms with van der Waals surface area (Å²) in [7, 11) is 0. The van der Waals surface area contributed by atoms with Crippen LogP contribution in [-0.2, 0) is 9.59 Å². The summed E-state index contributed by atoms with van der Waals surface area (Å²) in [5, 5.41) is 9.51. The molecule has 1 heterocycles. The Kier molecular flexibility index (Phi) is 6.25. The molecule has 3 atom stereocenters. The summed E-state index contributed by atoms with van der Waals surface area (Å²) in [6, 6.07) is 7.39. The Hall–Kier alpha value is -3.00. The molecule has 35 heavy (non-hydrogen) atoms. The average Bonchev–Trinajstić information content (AvgIpc) is 3.52. The van der Waals surface area contributed by atoms with Crippen molar-refractivity contribution in [3.05, 3.63) is 64.2 Å². The van der Waals surface area contributed by atoms with Crippen LogP contribution in [0.1, 0.15) is 66.9 Å². The first kappa shape index (κ1) is 23.7. The fourth-order valence-electron chi connectivity index (χ4n) is 5.76. The number of amides is 2. The average molecular weight is 503 g/mol. The Balaban J connectivity index is 1.60. The molecule has 2 amide bonds. The van der Waals surface area contributed by atoms with E-state index in [2.05, 4.69) is 0 Å². The lowest BCUT2D eigenvalue weighted by molar-refractivity contribution is -0.142. The summed E-state index contributed by atoms with van der Waals surface area (Å²) in [5.41, 5.74) is 1.18. The van der Waals surface area contributed by atoms with Gasteiger partial charge < -0.3 is 14.9 Å². The Morgan fingerprint density at radius 3 is 2.37 bits per heavy atom. The van der Waals surface area contributed by atoms with Crippen LogP contribution in [0.4, 0.5) is 14.5 Å². The van der Waals surface area contributed by atoms with Gasteiger partial charge in [0.15, 0.2) is 0 Å². The van der Waals surface area contributed by atoms with Gasteiger partial charge >= 0.3 is 5.97 Å². The fourth-order valence-corrected chi connectivity index (χ4v) is 5.92. The first-order chi connectivity index (χ1) is 16.7. The van der Waals surface area contributed by atoms with Crippen LogP contribution in [0, 0.1) is 17.6 Å². The number of fused-ring (bicyclic) bond motifs is 2. The maximum Gasteiger partial charge on any atom is 0.303 e. The molecule has 2 fully saturated rings. The SMILES string of the molecule is O=C(O)CCC(=O)N(C1CC1)[C@H]1c2ccc(Cl)cc2N(C(=O)c2cc(F)cc(F)c2)[C@@H]2CCC[C@@H]21. The van der Waals surface area contributed by atoms with Crippen LogP contribution < -0.4 is 4.90 Å². The van der Waals surface area contributed by atoms with Crippen molar-refractivity contribution in [1.29, 1.82) is 0 Å². The fraction of sp³-hybridized carbons (Fsp3) is 0.423. The summed E-state index contributed by atoms with van der Waals surface area (Å²) in [5.74, 6) is -3.50. The van der Waals surface area contributed by atoms with E-state index >= 15 is 0 Å². The van der Waals surface area contributed by atoms with Crippen molar-refractivity contribution in [2.24, 2.45) is 5.92 Å². The van der Waals surface area contributed by atoms with E-state index in [0.717, 1.165) is 49.4 Å². The lowest BCUT2D eigenvalue weighted by atomic mass is 9.81. The van der Waals surface area contributed by atoms with Crippen molar-refractivity contribution < 1.29 is 28.3 Å². The number of carbonyl (C=O) groups excluding carboxylic acids is 2. The van der Waals surface area contributed by atoms with Crippen LogP contribution in [0.5, 0.6) is 0 Å². The third kappa shape index (κ3) is 4.51. The van der Waals surface area contributed by atoms with Crippen LogP contribution in [0.2, 0.25) is 5.02 Å². The summed E-state index contributed by atoms with van der Waals surface area (Å²) in [6.07, 6.45) is 3.64. The van der Waals surface area contributed by atoms with Crippen molar-refractivity contribution in [2.45, 2.75) is 63.1 Å². The van der Waals surface area contributed by atoms with Gasteiger partial charge in [0.2, 0.25) is 5.91 Å². The van der Waals surface area contributed by atoms with Crippen molar-refractivity contribution >= 4 is 35.1 Å². The maximum atomic E-state index is 13.9. The molecule has 0 bridgehead atoms. The summed E-state index contributed by atoms with van der Waals surface area (Å²) in [6.45, 7) is 0. The van der Waals surface area contributed by atoms with Gasteiger partial charge in [-0.25, -0.2) is 8.78 Å². The molecule has 6 nitrogen and oxygen atoms in total. The monoisotopic (exact) mass is 502 g/mol. The highest BCUT2D eigenvalue weighted by atomic mass is 35.5. The van der Waals surface area contributed by atoms with Gasteiger partial charge in [0.25, 0.3) is 5.91 Å². The third-order valence-corrected chi connectivity index (χ3v) is 7.48. The quantitative estimate of drug-likeness (QED) is 0.578. The highest BCUT2D eigenvalue weighted by Crippen LogP contribution is 2.53. The first-order valence-corrected chi connectivity index (χ1v) is 12.2. The van der Waals surface area contributed by atoms with E-state index in [-0.39, 0.29) is 48.4 Å². The van der Waals surface area contributed by atoms with E-state index in [1.807, 2.05) is 11.0 Å². The number of nitrogens with zero attached hydrogens (tertiary/aromatic N) is 2. The van der Waals surface area contributed by atoms with Crippen molar-refractivity contribution in [2.75, 3.05) is 4.90 Å². The maximum absolute atomic E-state index is 13.9. The largest absolute Gasteiger partial charge is 0.481 e. The molecular weight excluding hydrogens is 478 g/mol. The van der Waals surface area contributed by atoms with Crippen LogP contribution >= 0.6 is 11.6 Å².